The third-order valence-corrected chi connectivity index (χ3v) is 6.53. The fraction of sp³-hybridized carbons (Fsp3) is 1.00. The number of hydrogen-bond acceptors (Lipinski definition) is 4. The van der Waals surface area contributed by atoms with E-state index in [-0.39, 0.29) is 0 Å². The maximum absolute atomic E-state index is 6.07. The first-order valence-corrected chi connectivity index (χ1v) is 8.25. The van der Waals surface area contributed by atoms with Crippen molar-refractivity contribution in [1.29, 1.82) is 0 Å². The van der Waals surface area contributed by atoms with Gasteiger partial charge in [-0.2, -0.15) is 11.8 Å². The summed E-state index contributed by atoms with van der Waals surface area (Å²) in [7, 11) is 0. The number of nitrogens with two attached hydrogens (primary N) is 1. The first kappa shape index (κ1) is 12.3. The second-order valence-corrected chi connectivity index (χ2v) is 7.07. The predicted octanol–water partition coefficient (Wildman–Crippen LogP) is 0.989. The Kier molecular flexibility index (Phi) is 3.41. The van der Waals surface area contributed by atoms with Gasteiger partial charge in [-0.15, -0.1) is 0 Å². The Bertz CT molecular complexity index is 280. The maximum atomic E-state index is 6.07. The molecule has 17 heavy (non-hydrogen) atoms. The molecule has 0 spiro atoms. The molecule has 2 atom stereocenters. The van der Waals surface area contributed by atoms with Crippen LogP contribution in [-0.4, -0.2) is 65.6 Å². The summed E-state index contributed by atoms with van der Waals surface area (Å²) in [6, 6.07) is 1.45. The number of nitrogens with zero attached hydrogens (tertiary/aromatic N) is 2. The molecule has 0 aromatic carbocycles. The van der Waals surface area contributed by atoms with Crippen LogP contribution in [0, 0.1) is 0 Å². The van der Waals surface area contributed by atoms with Gasteiger partial charge in [0.2, 0.25) is 0 Å². The van der Waals surface area contributed by atoms with E-state index in [0.29, 0.717) is 10.8 Å². The average molecular weight is 255 g/mol. The highest BCUT2D eigenvalue weighted by atomic mass is 32.2. The number of hydrogen-bond donors (Lipinski definition) is 1. The van der Waals surface area contributed by atoms with Crippen LogP contribution in [-0.2, 0) is 0 Å². The summed E-state index contributed by atoms with van der Waals surface area (Å²) in [6.07, 6.45) is 7.82. The minimum absolute atomic E-state index is 0.509. The van der Waals surface area contributed by atoms with Gasteiger partial charge in [0.15, 0.2) is 0 Å². The van der Waals surface area contributed by atoms with Gasteiger partial charge in [-0.25, -0.2) is 0 Å². The number of thioether (sulfide) groups is 1. The molecule has 3 fully saturated rings. The monoisotopic (exact) mass is 255 g/mol. The fourth-order valence-corrected chi connectivity index (χ4v) is 4.82. The van der Waals surface area contributed by atoms with E-state index in [2.05, 4.69) is 27.8 Å². The molecule has 3 aliphatic rings. The van der Waals surface area contributed by atoms with Gasteiger partial charge in [0, 0.05) is 43.0 Å². The van der Waals surface area contributed by atoms with E-state index in [1.165, 1.54) is 51.9 Å². The average Bonchev–Trinajstić information content (AvgIpc) is 3.00. The van der Waals surface area contributed by atoms with Crippen molar-refractivity contribution in [1.82, 2.24) is 9.80 Å². The summed E-state index contributed by atoms with van der Waals surface area (Å²) >= 11 is 2.05. The molecule has 2 N–H and O–H groups in total. The summed E-state index contributed by atoms with van der Waals surface area (Å²) in [4.78, 5) is 5.39. The Morgan fingerprint density at radius 1 is 1.35 bits per heavy atom. The third kappa shape index (κ3) is 2.14. The van der Waals surface area contributed by atoms with E-state index in [0.717, 1.165) is 12.6 Å². The standard InChI is InChI=1S/C13H25N3S/c1-17-13(4-5-13)12(9-14)16-8-7-15-6-2-3-11(15)10-16/h11-12H,2-10,14H2,1H3. The zero-order chi connectivity index (χ0) is 11.9. The zero-order valence-electron chi connectivity index (χ0n) is 10.9. The quantitative estimate of drug-likeness (QED) is 0.812. The Morgan fingerprint density at radius 2 is 2.18 bits per heavy atom. The van der Waals surface area contributed by atoms with Crippen LogP contribution in [0.15, 0.2) is 0 Å². The molecule has 1 saturated carbocycles. The molecule has 0 aromatic heterocycles. The molecule has 0 radical (unpaired) electrons. The van der Waals surface area contributed by atoms with Gasteiger partial charge in [0.05, 0.1) is 0 Å². The summed E-state index contributed by atoms with van der Waals surface area (Å²) in [5.41, 5.74) is 6.07. The Labute approximate surface area is 109 Å². The van der Waals surface area contributed by atoms with Crippen molar-refractivity contribution in [3.63, 3.8) is 0 Å². The lowest BCUT2D eigenvalue weighted by atomic mass is 10.1. The number of fused-ring (bicyclic) bond motifs is 1. The van der Waals surface area contributed by atoms with Crippen molar-refractivity contribution in [3.05, 3.63) is 0 Å². The van der Waals surface area contributed by atoms with Crippen molar-refractivity contribution in [3.8, 4) is 0 Å². The first-order chi connectivity index (χ1) is 8.29. The molecule has 0 aromatic rings. The predicted molar refractivity (Wildman–Crippen MR) is 74.5 cm³/mol. The fourth-order valence-electron chi connectivity index (χ4n) is 3.79. The van der Waals surface area contributed by atoms with Crippen LogP contribution >= 0.6 is 11.8 Å². The maximum Gasteiger partial charge on any atom is 0.0366 e. The van der Waals surface area contributed by atoms with Gasteiger partial charge >= 0.3 is 0 Å². The van der Waals surface area contributed by atoms with Gasteiger partial charge in [-0.3, -0.25) is 9.80 Å². The lowest BCUT2D eigenvalue weighted by Crippen LogP contribution is -2.58. The molecular formula is C13H25N3S. The Morgan fingerprint density at radius 3 is 2.82 bits per heavy atom. The second-order valence-electron chi connectivity index (χ2n) is 5.85. The summed E-state index contributed by atoms with van der Waals surface area (Å²) in [5, 5.41) is 0. The smallest absolute Gasteiger partial charge is 0.0366 e. The van der Waals surface area contributed by atoms with Crippen molar-refractivity contribution in [2.24, 2.45) is 5.73 Å². The van der Waals surface area contributed by atoms with Crippen LogP contribution in [0.3, 0.4) is 0 Å². The molecule has 2 aliphatic heterocycles. The third-order valence-electron chi connectivity index (χ3n) is 5.04. The van der Waals surface area contributed by atoms with Crippen molar-refractivity contribution in [2.45, 2.75) is 42.5 Å². The van der Waals surface area contributed by atoms with Crippen LogP contribution < -0.4 is 5.73 Å². The minimum atomic E-state index is 0.509. The number of piperazine rings is 1. The van der Waals surface area contributed by atoms with Crippen LogP contribution in [0.2, 0.25) is 0 Å². The molecule has 2 heterocycles. The van der Waals surface area contributed by atoms with E-state index < -0.39 is 0 Å². The van der Waals surface area contributed by atoms with E-state index in [4.69, 9.17) is 5.73 Å². The molecule has 2 unspecified atom stereocenters. The second kappa shape index (κ2) is 4.72. The normalized spacial score (nSPS) is 34.6. The van der Waals surface area contributed by atoms with Gasteiger partial charge in [0.25, 0.3) is 0 Å². The highest BCUT2D eigenvalue weighted by Gasteiger charge is 2.51. The van der Waals surface area contributed by atoms with Gasteiger partial charge in [-0.05, 0) is 38.5 Å². The Balaban J connectivity index is 1.67. The molecule has 0 amide bonds. The largest absolute Gasteiger partial charge is 0.329 e. The van der Waals surface area contributed by atoms with Gasteiger partial charge in [0.1, 0.15) is 0 Å². The van der Waals surface area contributed by atoms with E-state index in [9.17, 15) is 0 Å². The summed E-state index contributed by atoms with van der Waals surface area (Å²) in [6.45, 7) is 5.95. The van der Waals surface area contributed by atoms with Crippen LogP contribution in [0.4, 0.5) is 0 Å². The lowest BCUT2D eigenvalue weighted by molar-refractivity contribution is 0.0707. The molecular weight excluding hydrogens is 230 g/mol. The van der Waals surface area contributed by atoms with Crippen LogP contribution in [0.1, 0.15) is 25.7 Å². The number of rotatable bonds is 4. The topological polar surface area (TPSA) is 32.5 Å². The summed E-state index contributed by atoms with van der Waals surface area (Å²) in [5.74, 6) is 0. The highest BCUT2D eigenvalue weighted by Crippen LogP contribution is 2.51. The van der Waals surface area contributed by atoms with Gasteiger partial charge < -0.3 is 5.73 Å². The molecule has 0 bridgehead atoms. The van der Waals surface area contributed by atoms with E-state index >= 15 is 0 Å². The SMILES string of the molecule is CSC1(C(CN)N2CCN3CCCC3C2)CC1. The van der Waals surface area contributed by atoms with Crippen molar-refractivity contribution in [2.75, 3.05) is 39.0 Å². The van der Waals surface area contributed by atoms with Crippen LogP contribution in [0.25, 0.3) is 0 Å². The van der Waals surface area contributed by atoms with Crippen LogP contribution in [0.5, 0.6) is 0 Å². The van der Waals surface area contributed by atoms with Gasteiger partial charge in [-0.1, -0.05) is 0 Å². The molecule has 98 valence electrons. The van der Waals surface area contributed by atoms with Crippen molar-refractivity contribution < 1.29 is 0 Å². The van der Waals surface area contributed by atoms with E-state index in [1.807, 2.05) is 0 Å². The molecule has 4 heteroatoms. The van der Waals surface area contributed by atoms with E-state index in [1.54, 1.807) is 0 Å². The first-order valence-electron chi connectivity index (χ1n) is 7.02. The highest BCUT2D eigenvalue weighted by molar-refractivity contribution is 8.00. The molecule has 1 aliphatic carbocycles. The molecule has 2 saturated heterocycles. The lowest BCUT2D eigenvalue weighted by Gasteiger charge is -2.44. The molecule has 3 nitrogen and oxygen atoms in total. The van der Waals surface area contributed by atoms with Crippen molar-refractivity contribution >= 4 is 11.8 Å². The summed E-state index contributed by atoms with van der Waals surface area (Å²) < 4.78 is 0.509. The molecule has 3 rings (SSSR count). The minimum Gasteiger partial charge on any atom is -0.329 e. The Hall–Kier alpha value is 0.230. The zero-order valence-corrected chi connectivity index (χ0v) is 11.7.